The zero-order chi connectivity index (χ0) is 53.2. The molecule has 0 aliphatic heterocycles. The number of hydrogen-bond acceptors (Lipinski definition) is 32. The molecule has 47 heteroatoms. The summed E-state index contributed by atoms with van der Waals surface area (Å²) in [7, 11) is 0. The third kappa shape index (κ3) is 72.6. The smallest absolute Gasteiger partial charge is 0.550 e. The summed E-state index contributed by atoms with van der Waals surface area (Å²) in [6.07, 6.45) is -13.2. The molecule has 0 radical (unpaired) electrons. The molecule has 370 valence electrons. The molecule has 0 spiro atoms. The largest absolute Gasteiger partial charge is 1.00 e. The minimum absolute atomic E-state index is 0. The van der Waals surface area contributed by atoms with Crippen molar-refractivity contribution in [2.75, 3.05) is 0 Å². The number of carboxylic acids is 15. The van der Waals surface area contributed by atoms with Gasteiger partial charge in [0, 0.05) is 124 Å². The van der Waals surface area contributed by atoms with Gasteiger partial charge in [-0.3, -0.25) is 0 Å². The number of hydrogen-bond donors (Lipinski definition) is 8. The zero-order valence-electron chi connectivity index (χ0n) is 43.7. The first-order valence-corrected chi connectivity index (χ1v) is 15.6. The molecule has 35 nitrogen and oxygen atoms in total. The van der Waals surface area contributed by atoms with Crippen LogP contribution in [-0.4, -0.2) is 158 Å². The third-order valence-electron chi connectivity index (χ3n) is 6.32. The molecule has 0 heterocycles. The van der Waals surface area contributed by atoms with Crippen LogP contribution in [0.1, 0.15) is 64.2 Å². The van der Waals surface area contributed by atoms with Gasteiger partial charge in [0.15, 0.2) is 16.8 Å². The van der Waals surface area contributed by atoms with Crippen molar-refractivity contribution in [1.82, 2.24) is 0 Å². The number of aliphatic hydroxyl groups is 5. The van der Waals surface area contributed by atoms with E-state index in [-0.39, 0.29) is 486 Å². The van der Waals surface area contributed by atoms with Gasteiger partial charge >= 0.3 is 504 Å². The molecule has 8 N–H and O–H groups in total. The molecule has 0 saturated heterocycles. The summed E-state index contributed by atoms with van der Waals surface area (Å²) in [6.45, 7) is 0. The predicted octanol–water partition coefficient (Wildman–Crippen LogP) is -58.2. The summed E-state index contributed by atoms with van der Waals surface area (Å²) in [5.41, 5.74) is -14.5. The predicted molar refractivity (Wildman–Crippen MR) is 154 cm³/mol. The van der Waals surface area contributed by atoms with Gasteiger partial charge in [-0.05, 0) is 0 Å². The van der Waals surface area contributed by atoms with Crippen molar-refractivity contribution in [2.45, 2.75) is 92.2 Å². The van der Waals surface area contributed by atoms with Crippen LogP contribution >= 0.6 is 0 Å². The molecule has 0 aliphatic rings. The van der Waals surface area contributed by atoms with Gasteiger partial charge < -0.3 is 160 Å². The van der Waals surface area contributed by atoms with Crippen molar-refractivity contribution in [2.24, 2.45) is 0 Å². The first kappa shape index (κ1) is 129. The maximum absolute atomic E-state index is 10.3. The van der Waals surface area contributed by atoms with E-state index in [0.717, 1.165) is 0 Å². The van der Waals surface area contributed by atoms with Crippen LogP contribution in [0.3, 0.4) is 0 Å². The SMILES string of the molecule is O=C([O-])CC(O)(CC(=O)[O-])C(=O)O.O=C([O-])CC(O)(CC(=O)[O-])C(=O)O.O=C([O-])CC(O)(CC(=O)[O-])C(=O)O.O=C([O-])CC(O)(CC(=O)[O-])C(=O)[O-].O=C([O-])CC(O)(CC(=O)[O-])C(=O)[O-].[K+].[K+].[K+].[K+].[K+].[K+].[Na+].[Na+].[Na+].[Na+].[Na+].[Na+]. The van der Waals surface area contributed by atoms with E-state index in [9.17, 15) is 133 Å². The second-order valence-corrected chi connectivity index (χ2v) is 12.1. The Kier molecular flexibility index (Phi) is 112. The minimum atomic E-state index is -2.97. The fourth-order valence-corrected chi connectivity index (χ4v) is 3.44. The van der Waals surface area contributed by atoms with Crippen molar-refractivity contribution >= 4 is 89.5 Å². The van der Waals surface area contributed by atoms with E-state index < -0.39 is 182 Å². The van der Waals surface area contributed by atoms with Gasteiger partial charge in [-0.2, -0.15) is 0 Å². The molecular formula is C30H28K6Na6O35. The second kappa shape index (κ2) is 66.6. The van der Waals surface area contributed by atoms with Crippen LogP contribution in [-0.2, 0) is 71.9 Å². The van der Waals surface area contributed by atoms with Crippen molar-refractivity contribution in [3.63, 3.8) is 0 Å². The fourth-order valence-electron chi connectivity index (χ4n) is 3.44. The molecule has 0 amide bonds. The molecule has 0 bridgehead atoms. The van der Waals surface area contributed by atoms with Crippen LogP contribution in [0.5, 0.6) is 0 Å². The fraction of sp³-hybridized carbons (Fsp3) is 0.500. The maximum Gasteiger partial charge on any atom is 1.00 e. The number of rotatable bonds is 25. The van der Waals surface area contributed by atoms with Crippen LogP contribution in [0.2, 0.25) is 0 Å². The van der Waals surface area contributed by atoms with Gasteiger partial charge in [0.1, 0.15) is 11.2 Å². The number of aliphatic carboxylic acids is 15. The van der Waals surface area contributed by atoms with Gasteiger partial charge in [0.25, 0.3) is 0 Å². The summed E-state index contributed by atoms with van der Waals surface area (Å²) >= 11 is 0. The third-order valence-corrected chi connectivity index (χ3v) is 6.32. The second-order valence-electron chi connectivity index (χ2n) is 12.1. The number of carbonyl (C=O) groups excluding carboxylic acids is 12. The first-order chi connectivity index (χ1) is 28.9. The molecular weight excluding hydrogens is 1290 g/mol. The van der Waals surface area contributed by atoms with E-state index in [1.807, 2.05) is 0 Å². The minimum Gasteiger partial charge on any atom is -0.550 e. The number of carboxylic acid groups (broad SMARTS) is 15. The molecule has 77 heavy (non-hydrogen) atoms. The van der Waals surface area contributed by atoms with Crippen LogP contribution in [0.25, 0.3) is 0 Å². The molecule has 0 unspecified atom stereocenters. The van der Waals surface area contributed by atoms with E-state index in [2.05, 4.69) is 0 Å². The summed E-state index contributed by atoms with van der Waals surface area (Å²) in [4.78, 5) is 150. The van der Waals surface area contributed by atoms with E-state index in [1.54, 1.807) is 0 Å². The summed E-state index contributed by atoms with van der Waals surface area (Å²) in [5, 5.41) is 189. The Morgan fingerprint density at radius 1 is 0.221 bits per heavy atom. The normalized spacial score (nSPS) is 9.16. The van der Waals surface area contributed by atoms with E-state index in [1.165, 1.54) is 0 Å². The summed E-state index contributed by atoms with van der Waals surface area (Å²) in [6, 6.07) is 0. The molecule has 0 fully saturated rings. The topological polar surface area (TPSA) is 695 Å². The number of carbonyl (C=O) groups is 15. The van der Waals surface area contributed by atoms with Crippen LogP contribution in [0, 0.1) is 0 Å². The maximum atomic E-state index is 10.3. The van der Waals surface area contributed by atoms with Gasteiger partial charge in [-0.1, -0.05) is 0 Å². The summed E-state index contributed by atoms with van der Waals surface area (Å²) in [5.74, 6) is -28.9. The Labute approximate surface area is 820 Å². The Morgan fingerprint density at radius 2 is 0.299 bits per heavy atom. The standard InChI is InChI=1S/5C6H8O7.6K.6Na/c5*7-3(8)1-6(13,5(11)12)2-4(9)10;;;;;;;;;;;;/h5*13H,1-2H2,(H,7,8)(H,9,10)(H,11,12);;;;;;;;;;;;/q;;;;;12*+1/p-12. The Bertz CT molecular complexity index is 1500. The van der Waals surface area contributed by atoms with Crippen molar-refractivity contribution in [3.05, 3.63) is 0 Å². The molecule has 0 atom stereocenters. The Morgan fingerprint density at radius 3 is 0.351 bits per heavy atom. The molecule has 0 aliphatic carbocycles. The van der Waals surface area contributed by atoms with Crippen LogP contribution in [0.4, 0.5) is 0 Å². The quantitative estimate of drug-likeness (QED) is 0.0394. The average molecular weight is 1320 g/mol. The average Bonchev–Trinajstić information content (AvgIpc) is 3.01. The van der Waals surface area contributed by atoms with Crippen molar-refractivity contribution in [3.8, 4) is 0 Å². The van der Waals surface area contributed by atoms with E-state index >= 15 is 0 Å². The van der Waals surface area contributed by atoms with Crippen LogP contribution in [0.15, 0.2) is 0 Å². The monoisotopic (exact) mass is 1320 g/mol. The zero-order valence-corrected chi connectivity index (χ0v) is 74.4. The Hall–Kier alpha value is 7.67. The van der Waals surface area contributed by atoms with Gasteiger partial charge in [0.05, 0.1) is 11.9 Å². The van der Waals surface area contributed by atoms with Crippen molar-refractivity contribution < 1.29 is 660 Å². The van der Waals surface area contributed by atoms with E-state index in [0.29, 0.717) is 0 Å². The molecule has 0 aromatic heterocycles. The first-order valence-electron chi connectivity index (χ1n) is 15.6. The van der Waals surface area contributed by atoms with Gasteiger partial charge in [-0.25, -0.2) is 14.4 Å². The molecule has 0 rings (SSSR count). The summed E-state index contributed by atoms with van der Waals surface area (Å²) < 4.78 is 0. The Balaban J connectivity index is -0.0000000375. The molecule has 0 aromatic rings. The molecule has 0 aromatic carbocycles. The van der Waals surface area contributed by atoms with E-state index in [4.69, 9.17) is 40.9 Å². The van der Waals surface area contributed by atoms with Crippen molar-refractivity contribution in [1.29, 1.82) is 0 Å². The molecule has 0 saturated carbocycles. The van der Waals surface area contributed by atoms with Crippen LogP contribution < -0.4 is 547 Å². The van der Waals surface area contributed by atoms with Gasteiger partial charge in [-0.15, -0.1) is 0 Å². The van der Waals surface area contributed by atoms with Gasteiger partial charge in [0.2, 0.25) is 0 Å².